The van der Waals surface area contributed by atoms with Crippen LogP contribution < -0.4 is 5.32 Å². The quantitative estimate of drug-likeness (QED) is 0.851. The number of hydrogen-bond acceptors (Lipinski definition) is 1. The van der Waals surface area contributed by atoms with E-state index in [1.54, 1.807) is 18.2 Å². The Morgan fingerprint density at radius 2 is 2.20 bits per heavy atom. The maximum Gasteiger partial charge on any atom is 0.252 e. The molecule has 0 aliphatic rings. The first-order chi connectivity index (χ1) is 7.00. The van der Waals surface area contributed by atoms with Crippen molar-refractivity contribution in [3.63, 3.8) is 0 Å². The Labute approximate surface area is 107 Å². The van der Waals surface area contributed by atoms with Crippen LogP contribution in [0.4, 0.5) is 0 Å². The lowest BCUT2D eigenvalue weighted by Gasteiger charge is -2.08. The monoisotopic (exact) mass is 309 g/mol. The average Bonchev–Trinajstić information content (AvgIpc) is 2.18. The van der Waals surface area contributed by atoms with Crippen LogP contribution in [-0.2, 0) is 0 Å². The third-order valence-electron chi connectivity index (χ3n) is 1.72. The van der Waals surface area contributed by atoms with Crippen LogP contribution in [-0.4, -0.2) is 17.3 Å². The van der Waals surface area contributed by atoms with E-state index in [1.165, 1.54) is 0 Å². The van der Waals surface area contributed by atoms with E-state index in [4.69, 9.17) is 23.2 Å². The van der Waals surface area contributed by atoms with Crippen molar-refractivity contribution < 1.29 is 4.79 Å². The molecule has 0 aliphatic carbocycles. The second-order valence-corrected chi connectivity index (χ2v) is 5.52. The standard InChI is InChI=1S/C10H10BrCl2NO/c1-6(11)5-14-10(15)8-4-7(12)2-3-9(8)13/h2-4,6H,5H2,1H3,(H,14,15). The van der Waals surface area contributed by atoms with Gasteiger partial charge in [-0.15, -0.1) is 0 Å². The summed E-state index contributed by atoms with van der Waals surface area (Å²) in [5.74, 6) is -0.214. The maximum absolute atomic E-state index is 11.6. The Balaban J connectivity index is 2.77. The van der Waals surface area contributed by atoms with Crippen molar-refractivity contribution in [2.24, 2.45) is 0 Å². The summed E-state index contributed by atoms with van der Waals surface area (Å²) in [6, 6.07) is 4.81. The van der Waals surface area contributed by atoms with Gasteiger partial charge in [-0.05, 0) is 18.2 Å². The highest BCUT2D eigenvalue weighted by Gasteiger charge is 2.10. The number of nitrogens with one attached hydrogen (secondary N) is 1. The zero-order chi connectivity index (χ0) is 11.4. The third kappa shape index (κ3) is 4.01. The molecule has 0 aromatic heterocycles. The van der Waals surface area contributed by atoms with E-state index in [1.807, 2.05) is 6.92 Å². The molecule has 5 heteroatoms. The Morgan fingerprint density at radius 3 is 2.80 bits per heavy atom. The van der Waals surface area contributed by atoms with Gasteiger partial charge in [-0.1, -0.05) is 46.1 Å². The van der Waals surface area contributed by atoms with Crippen molar-refractivity contribution in [2.75, 3.05) is 6.54 Å². The summed E-state index contributed by atoms with van der Waals surface area (Å²) in [6.45, 7) is 2.49. The summed E-state index contributed by atoms with van der Waals surface area (Å²) in [5.41, 5.74) is 0.400. The van der Waals surface area contributed by atoms with Gasteiger partial charge >= 0.3 is 0 Å². The lowest BCUT2D eigenvalue weighted by molar-refractivity contribution is 0.0954. The van der Waals surface area contributed by atoms with E-state index < -0.39 is 0 Å². The highest BCUT2D eigenvalue weighted by Crippen LogP contribution is 2.20. The van der Waals surface area contributed by atoms with E-state index >= 15 is 0 Å². The molecule has 1 amide bonds. The molecule has 82 valence electrons. The van der Waals surface area contributed by atoms with Gasteiger partial charge in [0.15, 0.2) is 0 Å². The molecule has 1 rings (SSSR count). The fraction of sp³-hybridized carbons (Fsp3) is 0.300. The molecule has 0 fully saturated rings. The van der Waals surface area contributed by atoms with Crippen LogP contribution in [0.5, 0.6) is 0 Å². The number of amides is 1. The van der Waals surface area contributed by atoms with E-state index in [2.05, 4.69) is 21.2 Å². The zero-order valence-corrected chi connectivity index (χ0v) is 11.2. The van der Waals surface area contributed by atoms with Gasteiger partial charge in [0.2, 0.25) is 0 Å². The zero-order valence-electron chi connectivity index (χ0n) is 8.06. The van der Waals surface area contributed by atoms with Crippen LogP contribution in [0.25, 0.3) is 0 Å². The van der Waals surface area contributed by atoms with Gasteiger partial charge in [-0.25, -0.2) is 0 Å². The second-order valence-electron chi connectivity index (χ2n) is 3.11. The summed E-state index contributed by atoms with van der Waals surface area (Å²) in [6.07, 6.45) is 0. The first-order valence-corrected chi connectivity index (χ1v) is 6.05. The fourth-order valence-corrected chi connectivity index (χ4v) is 1.54. The SMILES string of the molecule is CC(Br)CNC(=O)c1cc(Cl)ccc1Cl. The number of rotatable bonds is 3. The van der Waals surface area contributed by atoms with Crippen LogP contribution in [0.2, 0.25) is 10.0 Å². The molecule has 0 bridgehead atoms. The summed E-state index contributed by atoms with van der Waals surface area (Å²) >= 11 is 15.0. The van der Waals surface area contributed by atoms with Crippen molar-refractivity contribution >= 4 is 45.0 Å². The molecule has 0 radical (unpaired) electrons. The van der Waals surface area contributed by atoms with Crippen molar-refractivity contribution in [3.05, 3.63) is 33.8 Å². The van der Waals surface area contributed by atoms with Crippen LogP contribution in [0.1, 0.15) is 17.3 Å². The molecule has 1 aromatic carbocycles. The highest BCUT2D eigenvalue weighted by molar-refractivity contribution is 9.09. The first-order valence-electron chi connectivity index (χ1n) is 4.38. The van der Waals surface area contributed by atoms with Gasteiger partial charge in [0.25, 0.3) is 5.91 Å². The molecular formula is C10H10BrCl2NO. The van der Waals surface area contributed by atoms with Gasteiger partial charge in [-0.2, -0.15) is 0 Å². The van der Waals surface area contributed by atoms with E-state index in [0.717, 1.165) is 0 Å². The normalized spacial score (nSPS) is 12.3. The minimum Gasteiger partial charge on any atom is -0.351 e. The smallest absolute Gasteiger partial charge is 0.252 e. The fourth-order valence-electron chi connectivity index (χ4n) is 1.00. The lowest BCUT2D eigenvalue weighted by Crippen LogP contribution is -2.28. The predicted octanol–water partition coefficient (Wildman–Crippen LogP) is 3.51. The topological polar surface area (TPSA) is 29.1 Å². The largest absolute Gasteiger partial charge is 0.351 e. The third-order valence-corrected chi connectivity index (χ3v) is 2.61. The molecule has 2 nitrogen and oxygen atoms in total. The van der Waals surface area contributed by atoms with Gasteiger partial charge in [0.1, 0.15) is 0 Å². The molecule has 0 heterocycles. The van der Waals surface area contributed by atoms with E-state index in [9.17, 15) is 4.79 Å². The number of halogens is 3. The average molecular weight is 311 g/mol. The maximum atomic E-state index is 11.6. The van der Waals surface area contributed by atoms with Crippen molar-refractivity contribution in [2.45, 2.75) is 11.8 Å². The summed E-state index contributed by atoms with van der Waals surface area (Å²) in [5, 5.41) is 3.64. The molecule has 15 heavy (non-hydrogen) atoms. The minimum atomic E-state index is -0.214. The molecule has 0 saturated carbocycles. The lowest BCUT2D eigenvalue weighted by atomic mass is 10.2. The van der Waals surface area contributed by atoms with Gasteiger partial charge in [0, 0.05) is 16.4 Å². The Bertz CT molecular complexity index is 368. The van der Waals surface area contributed by atoms with Crippen LogP contribution in [0, 0.1) is 0 Å². The summed E-state index contributed by atoms with van der Waals surface area (Å²) in [4.78, 5) is 11.9. The molecule has 1 aromatic rings. The van der Waals surface area contributed by atoms with Gasteiger partial charge in [0.05, 0.1) is 10.6 Å². The Hall–Kier alpha value is -0.250. The number of alkyl halides is 1. The Morgan fingerprint density at radius 1 is 1.53 bits per heavy atom. The van der Waals surface area contributed by atoms with E-state index in [0.29, 0.717) is 22.2 Å². The molecule has 0 spiro atoms. The Kier molecular flexibility index (Phi) is 4.90. The molecular weight excluding hydrogens is 301 g/mol. The van der Waals surface area contributed by atoms with Crippen molar-refractivity contribution in [1.82, 2.24) is 5.32 Å². The predicted molar refractivity (Wildman–Crippen MR) is 67.2 cm³/mol. The second kappa shape index (κ2) is 5.73. The number of hydrogen-bond donors (Lipinski definition) is 1. The number of carbonyl (C=O) groups excluding carboxylic acids is 1. The summed E-state index contributed by atoms with van der Waals surface area (Å²) < 4.78 is 0. The molecule has 0 saturated heterocycles. The van der Waals surface area contributed by atoms with Crippen LogP contribution in [0.15, 0.2) is 18.2 Å². The molecule has 1 atom stereocenters. The summed E-state index contributed by atoms with van der Waals surface area (Å²) in [7, 11) is 0. The van der Waals surface area contributed by atoms with Gasteiger partial charge < -0.3 is 5.32 Å². The van der Waals surface area contributed by atoms with E-state index in [-0.39, 0.29) is 10.7 Å². The minimum absolute atomic E-state index is 0.214. The first kappa shape index (κ1) is 12.8. The highest BCUT2D eigenvalue weighted by atomic mass is 79.9. The van der Waals surface area contributed by atoms with Crippen LogP contribution in [0.3, 0.4) is 0 Å². The van der Waals surface area contributed by atoms with Crippen molar-refractivity contribution in [1.29, 1.82) is 0 Å². The molecule has 1 N–H and O–H groups in total. The van der Waals surface area contributed by atoms with Crippen molar-refractivity contribution in [3.8, 4) is 0 Å². The van der Waals surface area contributed by atoms with Crippen LogP contribution >= 0.6 is 39.1 Å². The number of benzene rings is 1. The number of carbonyl (C=O) groups is 1. The molecule has 0 aliphatic heterocycles. The van der Waals surface area contributed by atoms with Gasteiger partial charge in [-0.3, -0.25) is 4.79 Å². The molecule has 1 unspecified atom stereocenters.